The molecule has 1 aliphatic heterocycles. The monoisotopic (exact) mass is 512 g/mol. The predicted octanol–water partition coefficient (Wildman–Crippen LogP) is 4.68. The zero-order valence-electron chi connectivity index (χ0n) is 21.6. The van der Waals surface area contributed by atoms with Crippen molar-refractivity contribution in [2.75, 3.05) is 31.5 Å². The summed E-state index contributed by atoms with van der Waals surface area (Å²) in [5.41, 5.74) is 3.34. The first kappa shape index (κ1) is 24.8. The van der Waals surface area contributed by atoms with Gasteiger partial charge in [0.1, 0.15) is 23.3 Å². The molecule has 0 radical (unpaired) electrons. The molecule has 0 bridgehead atoms. The fourth-order valence-corrected chi connectivity index (χ4v) is 4.36. The lowest BCUT2D eigenvalue weighted by Gasteiger charge is -2.28. The summed E-state index contributed by atoms with van der Waals surface area (Å²) >= 11 is 0. The van der Waals surface area contributed by atoms with Crippen molar-refractivity contribution in [1.82, 2.24) is 19.7 Å². The summed E-state index contributed by atoms with van der Waals surface area (Å²) in [5, 5.41) is 11.1. The molecule has 194 valence electrons. The Kier molecular flexibility index (Phi) is 6.94. The topological polar surface area (TPSA) is 112 Å². The van der Waals surface area contributed by atoms with E-state index in [0.29, 0.717) is 52.4 Å². The number of methoxy groups -OCH3 is 2. The second-order valence-corrected chi connectivity index (χ2v) is 8.57. The Hall–Kier alpha value is -4.86. The number of allylic oxidation sites excluding steroid dienone is 1. The summed E-state index contributed by atoms with van der Waals surface area (Å²) in [5.74, 6) is 2.68. The summed E-state index contributed by atoms with van der Waals surface area (Å²) in [6, 6.07) is 16.1. The van der Waals surface area contributed by atoms with Crippen molar-refractivity contribution in [3.05, 3.63) is 83.8 Å². The molecule has 2 aromatic carbocycles. The average molecular weight is 513 g/mol. The fraction of sp³-hybridized carbons (Fsp3) is 0.214. The highest BCUT2D eigenvalue weighted by Gasteiger charge is 2.34. The Morgan fingerprint density at radius 2 is 1.79 bits per heavy atom. The van der Waals surface area contributed by atoms with Crippen molar-refractivity contribution in [3.63, 3.8) is 0 Å². The van der Waals surface area contributed by atoms with Crippen LogP contribution in [0.25, 0.3) is 11.4 Å². The van der Waals surface area contributed by atoms with Crippen LogP contribution in [0.4, 0.5) is 11.6 Å². The number of benzene rings is 2. The van der Waals surface area contributed by atoms with Crippen molar-refractivity contribution < 1.29 is 19.0 Å². The zero-order valence-corrected chi connectivity index (χ0v) is 21.6. The molecule has 10 heteroatoms. The molecule has 2 aromatic heterocycles. The minimum Gasteiger partial charge on any atom is -0.497 e. The molecule has 38 heavy (non-hydrogen) atoms. The maximum absolute atomic E-state index is 13.6. The van der Waals surface area contributed by atoms with E-state index in [1.165, 1.54) is 0 Å². The Labute approximate surface area is 220 Å². The number of nitrogens with one attached hydrogen (secondary N) is 2. The standard InChI is InChI=1S/C28H28N6O4/c1-5-38-21-10-8-18(9-11-21)25-24(27(35)31-20-7-6-12-29-16-20)17(2)30-28-32-26(33-34(25)28)19-13-22(36-3)15-23(14-19)37-4/h6-16,25H,5H2,1-4H3,(H,31,35)(H,30,32,33). The molecule has 1 aliphatic rings. The number of fused-ring (bicyclic) bond motifs is 1. The van der Waals surface area contributed by atoms with E-state index in [0.717, 1.165) is 11.3 Å². The summed E-state index contributed by atoms with van der Waals surface area (Å²) in [7, 11) is 3.18. The Morgan fingerprint density at radius 3 is 2.42 bits per heavy atom. The number of ether oxygens (including phenoxy) is 3. The lowest BCUT2D eigenvalue weighted by molar-refractivity contribution is -0.113. The van der Waals surface area contributed by atoms with Crippen LogP contribution in [-0.2, 0) is 4.79 Å². The quantitative estimate of drug-likeness (QED) is 0.350. The number of rotatable bonds is 8. The van der Waals surface area contributed by atoms with Gasteiger partial charge >= 0.3 is 0 Å². The predicted molar refractivity (Wildman–Crippen MR) is 144 cm³/mol. The Balaban J connectivity index is 1.60. The molecule has 0 saturated heterocycles. The van der Waals surface area contributed by atoms with Crippen molar-refractivity contribution in [2.24, 2.45) is 0 Å². The molecule has 5 rings (SSSR count). The van der Waals surface area contributed by atoms with Crippen molar-refractivity contribution in [2.45, 2.75) is 19.9 Å². The molecule has 0 fully saturated rings. The molecular weight excluding hydrogens is 484 g/mol. The van der Waals surface area contributed by atoms with Crippen LogP contribution in [0.3, 0.4) is 0 Å². The van der Waals surface area contributed by atoms with Gasteiger partial charge in [0.25, 0.3) is 5.91 Å². The van der Waals surface area contributed by atoms with Crippen LogP contribution in [0.5, 0.6) is 17.2 Å². The van der Waals surface area contributed by atoms with Crippen molar-refractivity contribution in [1.29, 1.82) is 0 Å². The lowest BCUT2D eigenvalue weighted by atomic mass is 9.95. The fourth-order valence-electron chi connectivity index (χ4n) is 4.36. The van der Waals surface area contributed by atoms with Crippen LogP contribution in [0.1, 0.15) is 25.5 Å². The molecular formula is C28H28N6O4. The summed E-state index contributed by atoms with van der Waals surface area (Å²) in [6.07, 6.45) is 3.26. The number of amides is 1. The summed E-state index contributed by atoms with van der Waals surface area (Å²) < 4.78 is 18.2. The van der Waals surface area contributed by atoms with Crippen LogP contribution >= 0.6 is 0 Å². The average Bonchev–Trinajstić information content (AvgIpc) is 3.37. The van der Waals surface area contributed by atoms with Gasteiger partial charge in [0.2, 0.25) is 5.95 Å². The van der Waals surface area contributed by atoms with Gasteiger partial charge in [-0.05, 0) is 55.8 Å². The third-order valence-electron chi connectivity index (χ3n) is 6.13. The molecule has 2 N–H and O–H groups in total. The van der Waals surface area contributed by atoms with Gasteiger partial charge in [0, 0.05) is 23.5 Å². The molecule has 0 aliphatic carbocycles. The SMILES string of the molecule is CCOc1ccc(C2C(C(=O)Nc3cccnc3)=C(C)Nc3nc(-c4cc(OC)cc(OC)c4)nn32)cc1. The van der Waals surface area contributed by atoms with Crippen LogP contribution in [-0.4, -0.2) is 46.5 Å². The number of carbonyl (C=O) groups is 1. The van der Waals surface area contributed by atoms with E-state index in [9.17, 15) is 4.79 Å². The maximum atomic E-state index is 13.6. The van der Waals surface area contributed by atoms with Gasteiger partial charge < -0.3 is 24.8 Å². The largest absolute Gasteiger partial charge is 0.497 e. The van der Waals surface area contributed by atoms with E-state index in [4.69, 9.17) is 24.3 Å². The Morgan fingerprint density at radius 1 is 1.05 bits per heavy atom. The van der Waals surface area contributed by atoms with E-state index in [2.05, 4.69) is 15.6 Å². The maximum Gasteiger partial charge on any atom is 0.255 e. The first-order valence-corrected chi connectivity index (χ1v) is 12.1. The van der Waals surface area contributed by atoms with Crippen molar-refractivity contribution in [3.8, 4) is 28.6 Å². The van der Waals surface area contributed by atoms with E-state index >= 15 is 0 Å². The van der Waals surface area contributed by atoms with Crippen LogP contribution in [0.2, 0.25) is 0 Å². The number of hydrogen-bond acceptors (Lipinski definition) is 8. The summed E-state index contributed by atoms with van der Waals surface area (Å²) in [6.45, 7) is 4.35. The summed E-state index contributed by atoms with van der Waals surface area (Å²) in [4.78, 5) is 22.5. The number of aromatic nitrogens is 4. The van der Waals surface area contributed by atoms with Crippen LogP contribution in [0, 0.1) is 0 Å². The van der Waals surface area contributed by atoms with Gasteiger partial charge in [-0.2, -0.15) is 4.98 Å². The molecule has 3 heterocycles. The number of hydrogen-bond donors (Lipinski definition) is 2. The molecule has 0 spiro atoms. The third-order valence-corrected chi connectivity index (χ3v) is 6.13. The Bertz CT molecular complexity index is 1460. The van der Waals surface area contributed by atoms with Gasteiger partial charge in [0.05, 0.1) is 38.3 Å². The molecule has 1 amide bonds. The smallest absolute Gasteiger partial charge is 0.255 e. The van der Waals surface area contributed by atoms with Gasteiger partial charge in [-0.25, -0.2) is 4.68 Å². The molecule has 1 unspecified atom stereocenters. The first-order chi connectivity index (χ1) is 18.5. The minimum absolute atomic E-state index is 0.271. The molecule has 4 aromatic rings. The zero-order chi connectivity index (χ0) is 26.6. The number of carbonyl (C=O) groups excluding carboxylic acids is 1. The number of anilines is 2. The highest BCUT2D eigenvalue weighted by molar-refractivity contribution is 6.06. The van der Waals surface area contributed by atoms with Gasteiger partial charge in [-0.1, -0.05) is 12.1 Å². The second kappa shape index (κ2) is 10.6. The van der Waals surface area contributed by atoms with Gasteiger partial charge in [0.15, 0.2) is 5.82 Å². The highest BCUT2D eigenvalue weighted by Crippen LogP contribution is 2.38. The van der Waals surface area contributed by atoms with E-state index < -0.39 is 6.04 Å². The van der Waals surface area contributed by atoms with Gasteiger partial charge in [-0.3, -0.25) is 9.78 Å². The lowest BCUT2D eigenvalue weighted by Crippen LogP contribution is -2.31. The third kappa shape index (κ3) is 4.88. The highest BCUT2D eigenvalue weighted by atomic mass is 16.5. The normalized spacial score (nSPS) is 14.4. The van der Waals surface area contributed by atoms with E-state index in [-0.39, 0.29) is 5.91 Å². The van der Waals surface area contributed by atoms with Crippen LogP contribution < -0.4 is 24.8 Å². The number of pyridine rings is 1. The van der Waals surface area contributed by atoms with Crippen molar-refractivity contribution >= 4 is 17.5 Å². The molecule has 1 atom stereocenters. The first-order valence-electron chi connectivity index (χ1n) is 12.1. The second-order valence-electron chi connectivity index (χ2n) is 8.57. The van der Waals surface area contributed by atoms with E-state index in [1.54, 1.807) is 49.5 Å². The van der Waals surface area contributed by atoms with Crippen LogP contribution in [0.15, 0.2) is 78.3 Å². The van der Waals surface area contributed by atoms with Gasteiger partial charge in [-0.15, -0.1) is 5.10 Å². The number of nitrogens with zero attached hydrogens (tertiary/aromatic N) is 4. The molecule has 10 nitrogen and oxygen atoms in total. The molecule has 0 saturated carbocycles. The van der Waals surface area contributed by atoms with E-state index in [1.807, 2.05) is 50.2 Å². The minimum atomic E-state index is -0.549.